The SMILES string of the molecule is Fc1cc(Cl)ccc1C1=CCN(CCCc2onc3c2CCCCC3)CC1. The van der Waals surface area contributed by atoms with Gasteiger partial charge in [-0.1, -0.05) is 35.3 Å². The van der Waals surface area contributed by atoms with Crippen LogP contribution in [0.5, 0.6) is 0 Å². The maximum atomic E-state index is 14.1. The van der Waals surface area contributed by atoms with Crippen molar-refractivity contribution in [2.24, 2.45) is 0 Å². The quantitative estimate of drug-likeness (QED) is 0.637. The van der Waals surface area contributed by atoms with Crippen LogP contribution >= 0.6 is 11.6 Å². The van der Waals surface area contributed by atoms with Crippen LogP contribution in [0, 0.1) is 5.82 Å². The van der Waals surface area contributed by atoms with Crippen molar-refractivity contribution in [3.05, 3.63) is 57.7 Å². The van der Waals surface area contributed by atoms with E-state index in [-0.39, 0.29) is 5.82 Å². The normalized spacial score (nSPS) is 18.1. The Labute approximate surface area is 165 Å². The summed E-state index contributed by atoms with van der Waals surface area (Å²) < 4.78 is 19.7. The van der Waals surface area contributed by atoms with Crippen molar-refractivity contribution < 1.29 is 8.91 Å². The summed E-state index contributed by atoms with van der Waals surface area (Å²) in [6.07, 6.45) is 11.0. The van der Waals surface area contributed by atoms with E-state index in [4.69, 9.17) is 16.1 Å². The number of aryl methyl sites for hydroxylation is 2. The Balaban J connectivity index is 1.30. The van der Waals surface area contributed by atoms with Gasteiger partial charge in [-0.15, -0.1) is 0 Å². The molecular formula is C22H26ClFN2O. The summed E-state index contributed by atoms with van der Waals surface area (Å²) in [7, 11) is 0. The molecule has 0 atom stereocenters. The zero-order chi connectivity index (χ0) is 18.6. The number of fused-ring (bicyclic) bond motifs is 1. The van der Waals surface area contributed by atoms with E-state index in [0.29, 0.717) is 10.6 Å². The van der Waals surface area contributed by atoms with Gasteiger partial charge in [0.25, 0.3) is 0 Å². The Morgan fingerprint density at radius 1 is 1.15 bits per heavy atom. The number of nitrogens with zero attached hydrogens (tertiary/aromatic N) is 2. The number of hydrogen-bond acceptors (Lipinski definition) is 3. The molecule has 0 spiro atoms. The number of hydrogen-bond donors (Lipinski definition) is 0. The third-order valence-corrected chi connectivity index (χ3v) is 5.97. The van der Waals surface area contributed by atoms with Gasteiger partial charge in [0, 0.05) is 35.7 Å². The van der Waals surface area contributed by atoms with Crippen LogP contribution in [0.3, 0.4) is 0 Å². The van der Waals surface area contributed by atoms with Gasteiger partial charge < -0.3 is 4.52 Å². The molecule has 27 heavy (non-hydrogen) atoms. The molecule has 0 saturated heterocycles. The van der Waals surface area contributed by atoms with Crippen LogP contribution in [0.15, 0.2) is 28.8 Å². The third-order valence-electron chi connectivity index (χ3n) is 5.74. The highest BCUT2D eigenvalue weighted by atomic mass is 35.5. The van der Waals surface area contributed by atoms with Crippen molar-refractivity contribution in [2.45, 2.75) is 51.4 Å². The zero-order valence-electron chi connectivity index (χ0n) is 15.6. The lowest BCUT2D eigenvalue weighted by atomic mass is 9.98. The first-order chi connectivity index (χ1) is 13.2. The predicted molar refractivity (Wildman–Crippen MR) is 107 cm³/mol. The summed E-state index contributed by atoms with van der Waals surface area (Å²) in [4.78, 5) is 2.42. The second kappa shape index (κ2) is 8.57. The van der Waals surface area contributed by atoms with Gasteiger partial charge in [-0.05, 0) is 62.8 Å². The van der Waals surface area contributed by atoms with E-state index in [0.717, 1.165) is 63.1 Å². The highest BCUT2D eigenvalue weighted by Crippen LogP contribution is 2.27. The minimum Gasteiger partial charge on any atom is -0.361 e. The van der Waals surface area contributed by atoms with Crippen LogP contribution < -0.4 is 0 Å². The first-order valence-corrected chi connectivity index (χ1v) is 10.4. The zero-order valence-corrected chi connectivity index (χ0v) is 16.4. The summed E-state index contributed by atoms with van der Waals surface area (Å²) in [5.74, 6) is 0.872. The largest absolute Gasteiger partial charge is 0.361 e. The van der Waals surface area contributed by atoms with Gasteiger partial charge >= 0.3 is 0 Å². The first-order valence-electron chi connectivity index (χ1n) is 10.0. The minimum absolute atomic E-state index is 0.229. The number of halogens is 2. The van der Waals surface area contributed by atoms with Crippen LogP contribution in [-0.2, 0) is 19.3 Å². The average Bonchev–Trinajstić information content (AvgIpc) is 2.89. The monoisotopic (exact) mass is 388 g/mol. The highest BCUT2D eigenvalue weighted by Gasteiger charge is 2.19. The molecule has 0 amide bonds. The van der Waals surface area contributed by atoms with Gasteiger partial charge in [0.15, 0.2) is 0 Å². The third kappa shape index (κ3) is 4.44. The minimum atomic E-state index is -0.229. The van der Waals surface area contributed by atoms with Crippen LogP contribution in [0.4, 0.5) is 4.39 Å². The first kappa shape index (κ1) is 18.7. The van der Waals surface area contributed by atoms with Gasteiger partial charge in [-0.3, -0.25) is 4.90 Å². The molecule has 0 fully saturated rings. The Hall–Kier alpha value is -1.65. The molecule has 0 radical (unpaired) electrons. The molecule has 1 aliphatic carbocycles. The van der Waals surface area contributed by atoms with Gasteiger partial charge in [0.05, 0.1) is 5.69 Å². The van der Waals surface area contributed by atoms with E-state index in [1.807, 2.05) is 0 Å². The fourth-order valence-electron chi connectivity index (χ4n) is 4.20. The van der Waals surface area contributed by atoms with E-state index >= 15 is 0 Å². The molecule has 4 rings (SSSR count). The number of aromatic nitrogens is 1. The molecular weight excluding hydrogens is 363 g/mol. The topological polar surface area (TPSA) is 29.3 Å². The van der Waals surface area contributed by atoms with Gasteiger partial charge in [-0.2, -0.15) is 0 Å². The summed E-state index contributed by atoms with van der Waals surface area (Å²) in [6, 6.07) is 4.94. The van der Waals surface area contributed by atoms with Crippen molar-refractivity contribution in [2.75, 3.05) is 19.6 Å². The molecule has 0 N–H and O–H groups in total. The molecule has 5 heteroatoms. The van der Waals surface area contributed by atoms with Crippen molar-refractivity contribution in [3.63, 3.8) is 0 Å². The molecule has 1 aliphatic heterocycles. The summed E-state index contributed by atoms with van der Waals surface area (Å²) in [6.45, 7) is 2.86. The fraction of sp³-hybridized carbons (Fsp3) is 0.500. The van der Waals surface area contributed by atoms with E-state index < -0.39 is 0 Å². The van der Waals surface area contributed by atoms with Crippen molar-refractivity contribution in [3.8, 4) is 0 Å². The maximum absolute atomic E-state index is 14.1. The second-order valence-corrected chi connectivity index (χ2v) is 8.04. The molecule has 0 unspecified atom stereocenters. The van der Waals surface area contributed by atoms with E-state index in [1.165, 1.54) is 36.6 Å². The molecule has 1 aromatic carbocycles. The molecule has 1 aromatic heterocycles. The Morgan fingerprint density at radius 2 is 2.04 bits per heavy atom. The average molecular weight is 389 g/mol. The van der Waals surface area contributed by atoms with Gasteiger partial charge in [0.2, 0.25) is 0 Å². The summed E-state index contributed by atoms with van der Waals surface area (Å²) in [5.41, 5.74) is 4.34. The Kier molecular flexibility index (Phi) is 5.94. The molecule has 2 aromatic rings. The number of rotatable bonds is 5. The van der Waals surface area contributed by atoms with E-state index in [9.17, 15) is 4.39 Å². The standard InChI is InChI=1S/C22H26ClFN2O/c23-17-8-9-18(20(24)15-17)16-10-13-26(14-11-16)12-4-7-22-19-5-2-1-3-6-21(19)25-27-22/h8-10,15H,1-7,11-14H2. The van der Waals surface area contributed by atoms with Crippen LogP contribution in [-0.4, -0.2) is 29.7 Å². The second-order valence-electron chi connectivity index (χ2n) is 7.60. The van der Waals surface area contributed by atoms with Crippen molar-refractivity contribution in [1.82, 2.24) is 10.1 Å². The van der Waals surface area contributed by atoms with Crippen LogP contribution in [0.2, 0.25) is 5.02 Å². The van der Waals surface area contributed by atoms with Crippen molar-refractivity contribution in [1.29, 1.82) is 0 Å². The Morgan fingerprint density at radius 3 is 2.85 bits per heavy atom. The molecule has 3 nitrogen and oxygen atoms in total. The van der Waals surface area contributed by atoms with Gasteiger partial charge in [-0.25, -0.2) is 4.39 Å². The lowest BCUT2D eigenvalue weighted by Gasteiger charge is -2.26. The fourth-order valence-corrected chi connectivity index (χ4v) is 4.36. The Bertz CT molecular complexity index is 830. The maximum Gasteiger partial charge on any atom is 0.140 e. The van der Waals surface area contributed by atoms with E-state index in [1.54, 1.807) is 12.1 Å². The van der Waals surface area contributed by atoms with E-state index in [2.05, 4.69) is 16.1 Å². The summed E-state index contributed by atoms with van der Waals surface area (Å²) >= 11 is 5.85. The smallest absolute Gasteiger partial charge is 0.140 e. The lowest BCUT2D eigenvalue weighted by Crippen LogP contribution is -2.29. The molecule has 0 bridgehead atoms. The molecule has 144 valence electrons. The van der Waals surface area contributed by atoms with Crippen molar-refractivity contribution >= 4 is 17.2 Å². The summed E-state index contributed by atoms with van der Waals surface area (Å²) in [5, 5.41) is 4.74. The molecule has 0 saturated carbocycles. The van der Waals surface area contributed by atoms with Crippen LogP contribution in [0.1, 0.15) is 54.7 Å². The van der Waals surface area contributed by atoms with Gasteiger partial charge in [0.1, 0.15) is 11.6 Å². The van der Waals surface area contributed by atoms with Crippen LogP contribution in [0.25, 0.3) is 5.57 Å². The molecule has 2 heterocycles. The molecule has 2 aliphatic rings. The lowest BCUT2D eigenvalue weighted by molar-refractivity contribution is 0.290. The number of benzene rings is 1. The predicted octanol–water partition coefficient (Wildman–Crippen LogP) is 5.46. The highest BCUT2D eigenvalue weighted by molar-refractivity contribution is 6.30.